The highest BCUT2D eigenvalue weighted by molar-refractivity contribution is 4.90. The summed E-state index contributed by atoms with van der Waals surface area (Å²) < 4.78 is 0. The summed E-state index contributed by atoms with van der Waals surface area (Å²) in [6.07, 6.45) is 10.4. The summed E-state index contributed by atoms with van der Waals surface area (Å²) in [6, 6.07) is 3.23. The summed E-state index contributed by atoms with van der Waals surface area (Å²) in [6.45, 7) is 4.93. The molecular weight excluding hydrogens is 208 g/mol. The minimum Gasteiger partial charge on any atom is -0.300 e. The molecule has 0 bridgehead atoms. The van der Waals surface area contributed by atoms with E-state index in [0.29, 0.717) is 5.92 Å². The molecule has 2 aliphatic rings. The van der Waals surface area contributed by atoms with E-state index in [2.05, 4.69) is 17.9 Å². The van der Waals surface area contributed by atoms with E-state index in [1.807, 2.05) is 0 Å². The van der Waals surface area contributed by atoms with E-state index in [0.717, 1.165) is 24.8 Å². The Morgan fingerprint density at radius 2 is 1.71 bits per heavy atom. The summed E-state index contributed by atoms with van der Waals surface area (Å²) in [5, 5.41) is 8.92. The highest BCUT2D eigenvalue weighted by Crippen LogP contribution is 2.30. The molecule has 17 heavy (non-hydrogen) atoms. The number of hydrogen-bond acceptors (Lipinski definition) is 2. The van der Waals surface area contributed by atoms with Crippen molar-refractivity contribution in [2.45, 2.75) is 64.3 Å². The Labute approximate surface area is 106 Å². The molecule has 0 aromatic rings. The van der Waals surface area contributed by atoms with E-state index in [-0.39, 0.29) is 0 Å². The second-order valence-electron chi connectivity index (χ2n) is 5.90. The third-order valence-corrected chi connectivity index (χ3v) is 4.74. The largest absolute Gasteiger partial charge is 0.300 e. The van der Waals surface area contributed by atoms with Crippen LogP contribution in [0.4, 0.5) is 0 Å². The highest BCUT2D eigenvalue weighted by Gasteiger charge is 2.28. The zero-order chi connectivity index (χ0) is 12.1. The van der Waals surface area contributed by atoms with Crippen LogP contribution in [0.15, 0.2) is 0 Å². The van der Waals surface area contributed by atoms with Crippen LogP contribution in [0.5, 0.6) is 0 Å². The van der Waals surface area contributed by atoms with Crippen molar-refractivity contribution < 1.29 is 0 Å². The average Bonchev–Trinajstić information content (AvgIpc) is 2.40. The molecule has 0 atom stereocenters. The van der Waals surface area contributed by atoms with Crippen LogP contribution in [-0.2, 0) is 0 Å². The van der Waals surface area contributed by atoms with E-state index in [9.17, 15) is 0 Å². The van der Waals surface area contributed by atoms with Gasteiger partial charge in [0.25, 0.3) is 0 Å². The van der Waals surface area contributed by atoms with Gasteiger partial charge in [0.1, 0.15) is 0 Å². The molecule has 2 rings (SSSR count). The van der Waals surface area contributed by atoms with Crippen LogP contribution in [0, 0.1) is 23.2 Å². The van der Waals surface area contributed by atoms with Gasteiger partial charge in [0.05, 0.1) is 6.07 Å². The molecule has 0 amide bonds. The summed E-state index contributed by atoms with van der Waals surface area (Å²) in [5.41, 5.74) is 0. The van der Waals surface area contributed by atoms with Crippen LogP contribution in [0.3, 0.4) is 0 Å². The Bertz CT molecular complexity index is 253. The van der Waals surface area contributed by atoms with Gasteiger partial charge in [0.2, 0.25) is 0 Å². The molecule has 0 N–H and O–H groups in total. The number of piperidine rings is 1. The maximum atomic E-state index is 8.92. The lowest BCUT2D eigenvalue weighted by atomic mass is 9.84. The first-order valence-corrected chi connectivity index (χ1v) is 7.47. The van der Waals surface area contributed by atoms with Crippen LogP contribution in [0.1, 0.15) is 58.3 Å². The third-order valence-electron chi connectivity index (χ3n) is 4.74. The Hall–Kier alpha value is -0.550. The fourth-order valence-corrected chi connectivity index (χ4v) is 3.59. The zero-order valence-corrected chi connectivity index (χ0v) is 11.2. The minimum absolute atomic E-state index is 0.351. The number of hydrogen-bond donors (Lipinski definition) is 0. The molecule has 96 valence electrons. The van der Waals surface area contributed by atoms with E-state index >= 15 is 0 Å². The highest BCUT2D eigenvalue weighted by atomic mass is 15.2. The molecule has 1 heterocycles. The van der Waals surface area contributed by atoms with Crippen LogP contribution >= 0.6 is 0 Å². The van der Waals surface area contributed by atoms with Crippen molar-refractivity contribution in [3.63, 3.8) is 0 Å². The van der Waals surface area contributed by atoms with Crippen molar-refractivity contribution >= 4 is 0 Å². The summed E-state index contributed by atoms with van der Waals surface area (Å²) in [5.74, 6) is 1.34. The average molecular weight is 234 g/mol. The molecule has 1 aliphatic carbocycles. The van der Waals surface area contributed by atoms with Gasteiger partial charge in [-0.25, -0.2) is 0 Å². The lowest BCUT2D eigenvalue weighted by Crippen LogP contribution is -2.43. The van der Waals surface area contributed by atoms with Crippen molar-refractivity contribution in [1.29, 1.82) is 5.26 Å². The molecule has 2 heteroatoms. The van der Waals surface area contributed by atoms with Crippen LogP contribution in [0.2, 0.25) is 0 Å². The van der Waals surface area contributed by atoms with Crippen LogP contribution in [0.25, 0.3) is 0 Å². The maximum absolute atomic E-state index is 8.92. The second-order valence-corrected chi connectivity index (χ2v) is 5.90. The topological polar surface area (TPSA) is 27.0 Å². The van der Waals surface area contributed by atoms with Gasteiger partial charge < -0.3 is 4.90 Å². The number of nitriles is 1. The molecule has 2 fully saturated rings. The first kappa shape index (κ1) is 12.9. The fourth-order valence-electron chi connectivity index (χ4n) is 3.59. The van der Waals surface area contributed by atoms with Crippen molar-refractivity contribution in [3.8, 4) is 6.07 Å². The van der Waals surface area contributed by atoms with E-state index in [1.165, 1.54) is 51.6 Å². The first-order chi connectivity index (χ1) is 8.33. The predicted molar refractivity (Wildman–Crippen MR) is 70.6 cm³/mol. The molecule has 0 aromatic carbocycles. The SMILES string of the molecule is CCCC1CCN([C@H]2CC[C@H](C#N)CC2)CC1. The van der Waals surface area contributed by atoms with Crippen molar-refractivity contribution in [2.24, 2.45) is 11.8 Å². The molecule has 0 unspecified atom stereocenters. The summed E-state index contributed by atoms with van der Waals surface area (Å²) in [4.78, 5) is 2.71. The molecule has 1 saturated heterocycles. The van der Waals surface area contributed by atoms with Gasteiger partial charge in [-0.2, -0.15) is 5.26 Å². The van der Waals surface area contributed by atoms with Gasteiger partial charge in [0.15, 0.2) is 0 Å². The Morgan fingerprint density at radius 1 is 1.06 bits per heavy atom. The van der Waals surface area contributed by atoms with Crippen molar-refractivity contribution in [3.05, 3.63) is 0 Å². The quantitative estimate of drug-likeness (QED) is 0.746. The van der Waals surface area contributed by atoms with Gasteiger partial charge in [-0.05, 0) is 57.5 Å². The zero-order valence-electron chi connectivity index (χ0n) is 11.2. The maximum Gasteiger partial charge on any atom is 0.0655 e. The first-order valence-electron chi connectivity index (χ1n) is 7.47. The van der Waals surface area contributed by atoms with Crippen LogP contribution < -0.4 is 0 Å². The van der Waals surface area contributed by atoms with E-state index in [1.54, 1.807) is 0 Å². The third kappa shape index (κ3) is 3.45. The lowest BCUT2D eigenvalue weighted by molar-refractivity contribution is 0.0980. The van der Waals surface area contributed by atoms with Crippen molar-refractivity contribution in [2.75, 3.05) is 13.1 Å². The Kier molecular flexibility index (Phi) is 4.86. The molecule has 0 radical (unpaired) electrons. The molecule has 1 aliphatic heterocycles. The molecule has 0 aromatic heterocycles. The van der Waals surface area contributed by atoms with Gasteiger partial charge in [-0.15, -0.1) is 0 Å². The minimum atomic E-state index is 0.351. The Morgan fingerprint density at radius 3 is 2.24 bits per heavy atom. The van der Waals surface area contributed by atoms with Crippen LogP contribution in [-0.4, -0.2) is 24.0 Å². The molecule has 1 saturated carbocycles. The Balaban J connectivity index is 1.72. The number of likely N-dealkylation sites (tertiary alicyclic amines) is 1. The lowest BCUT2D eigenvalue weighted by Gasteiger charge is -2.40. The number of rotatable bonds is 3. The van der Waals surface area contributed by atoms with E-state index < -0.39 is 0 Å². The predicted octanol–water partition coefficient (Wildman–Crippen LogP) is 3.58. The normalized spacial score (nSPS) is 32.2. The van der Waals surface area contributed by atoms with Crippen molar-refractivity contribution in [1.82, 2.24) is 4.90 Å². The van der Waals surface area contributed by atoms with Gasteiger partial charge in [-0.3, -0.25) is 0 Å². The molecule has 0 spiro atoms. The summed E-state index contributed by atoms with van der Waals surface area (Å²) >= 11 is 0. The monoisotopic (exact) mass is 234 g/mol. The number of nitrogens with zero attached hydrogens (tertiary/aromatic N) is 2. The molecular formula is C15H26N2. The van der Waals surface area contributed by atoms with Gasteiger partial charge in [-0.1, -0.05) is 19.8 Å². The standard InChI is InChI=1S/C15H26N2/c1-2-3-13-8-10-17(11-9-13)15-6-4-14(12-16)5-7-15/h13-15H,2-11H2,1H3/t14-,15-. The van der Waals surface area contributed by atoms with E-state index in [4.69, 9.17) is 5.26 Å². The van der Waals surface area contributed by atoms with Gasteiger partial charge >= 0.3 is 0 Å². The molecule has 2 nitrogen and oxygen atoms in total. The van der Waals surface area contributed by atoms with Gasteiger partial charge in [0, 0.05) is 12.0 Å². The smallest absolute Gasteiger partial charge is 0.0655 e. The second kappa shape index (κ2) is 6.40. The fraction of sp³-hybridized carbons (Fsp3) is 0.933. The summed E-state index contributed by atoms with van der Waals surface area (Å²) in [7, 11) is 0.